The van der Waals surface area contributed by atoms with Gasteiger partial charge in [-0.15, -0.1) is 0 Å². The smallest absolute Gasteiger partial charge is 0.325 e. The molecule has 0 saturated heterocycles. The number of carbonyl (C=O) groups is 1. The molecule has 0 aliphatic heterocycles. The zero-order chi connectivity index (χ0) is 12.8. The Balaban J connectivity index is 4.47. The van der Waals surface area contributed by atoms with Crippen molar-refractivity contribution < 1.29 is 14.1 Å². The van der Waals surface area contributed by atoms with Crippen molar-refractivity contribution in [2.75, 3.05) is 0 Å². The van der Waals surface area contributed by atoms with Gasteiger partial charge in [0.05, 0.1) is 15.7 Å². The summed E-state index contributed by atoms with van der Waals surface area (Å²) in [6.07, 6.45) is 5.14. The number of allylic oxidation sites excluding steroid dienone is 1. The van der Waals surface area contributed by atoms with E-state index < -0.39 is 27.7 Å². The highest BCUT2D eigenvalue weighted by Crippen LogP contribution is 2.09. The predicted molar refractivity (Wildman–Crippen MR) is 66.5 cm³/mol. The molecule has 2 atom stereocenters. The third-order valence-corrected chi connectivity index (χ3v) is 3.42. The van der Waals surface area contributed by atoms with Crippen LogP contribution in [-0.2, 0) is 15.8 Å². The fourth-order valence-corrected chi connectivity index (χ4v) is 1.63. The van der Waals surface area contributed by atoms with E-state index >= 15 is 0 Å². The summed E-state index contributed by atoms with van der Waals surface area (Å²) in [5, 5.41) is 8.94. The number of carboxylic acids is 1. The molecule has 4 nitrogen and oxygen atoms in total. The number of carboxylic acid groups (broad SMARTS) is 1. The second-order valence-corrected chi connectivity index (χ2v) is 6.53. The van der Waals surface area contributed by atoms with Gasteiger partial charge < -0.3 is 5.11 Å². The molecular formula is C11H21NO3S. The Kier molecular flexibility index (Phi) is 6.52. The molecule has 0 aromatic heterocycles. The van der Waals surface area contributed by atoms with E-state index in [2.05, 4.69) is 4.72 Å². The quantitative estimate of drug-likeness (QED) is 0.704. The van der Waals surface area contributed by atoms with Crippen LogP contribution in [0.1, 0.15) is 40.5 Å². The molecule has 2 N–H and O–H groups in total. The van der Waals surface area contributed by atoms with Crippen molar-refractivity contribution in [3.05, 3.63) is 12.2 Å². The molecule has 0 aromatic carbocycles. The van der Waals surface area contributed by atoms with Crippen LogP contribution in [0.2, 0.25) is 0 Å². The zero-order valence-electron chi connectivity index (χ0n) is 10.3. The lowest BCUT2D eigenvalue weighted by molar-refractivity contribution is -0.137. The lowest BCUT2D eigenvalue weighted by Crippen LogP contribution is -2.42. The standard InChI is InChI=1S/C11H21NO3S/c1-5-6-7-8-9(10(13)14)12-16(15)11(2,3)4/h7-9,12H,5-6H2,1-4H3,(H,13,14)/b8-7+/t9-,16-/m1/s1. The molecule has 16 heavy (non-hydrogen) atoms. The van der Waals surface area contributed by atoms with Crippen LogP contribution >= 0.6 is 0 Å². The minimum atomic E-state index is -1.38. The number of hydrogen-bond acceptors (Lipinski definition) is 2. The fourth-order valence-electron chi connectivity index (χ4n) is 0.863. The molecule has 0 bridgehead atoms. The minimum absolute atomic E-state index is 0.466. The highest BCUT2D eigenvalue weighted by atomic mass is 32.2. The summed E-state index contributed by atoms with van der Waals surface area (Å²) in [7, 11) is -1.38. The molecule has 94 valence electrons. The van der Waals surface area contributed by atoms with Crippen LogP contribution in [-0.4, -0.2) is 26.1 Å². The number of rotatable bonds is 6. The monoisotopic (exact) mass is 247 g/mol. The van der Waals surface area contributed by atoms with Gasteiger partial charge in [-0.1, -0.05) is 25.5 Å². The number of unbranched alkanes of at least 4 members (excludes halogenated alkanes) is 1. The van der Waals surface area contributed by atoms with Crippen molar-refractivity contribution in [1.82, 2.24) is 4.72 Å². The van der Waals surface area contributed by atoms with Gasteiger partial charge in [0.2, 0.25) is 0 Å². The Morgan fingerprint density at radius 2 is 2.06 bits per heavy atom. The molecule has 0 fully saturated rings. The zero-order valence-corrected chi connectivity index (χ0v) is 11.1. The maximum absolute atomic E-state index is 11.7. The van der Waals surface area contributed by atoms with Crippen LogP contribution in [0.25, 0.3) is 0 Å². The summed E-state index contributed by atoms with van der Waals surface area (Å²) < 4.78 is 13.9. The predicted octanol–water partition coefficient (Wildman–Crippen LogP) is 1.85. The lowest BCUT2D eigenvalue weighted by atomic mass is 10.2. The largest absolute Gasteiger partial charge is 0.480 e. The maximum atomic E-state index is 11.7. The van der Waals surface area contributed by atoms with E-state index in [4.69, 9.17) is 5.11 Å². The van der Waals surface area contributed by atoms with E-state index in [0.717, 1.165) is 12.8 Å². The van der Waals surface area contributed by atoms with Crippen LogP contribution in [0.15, 0.2) is 12.2 Å². The Morgan fingerprint density at radius 3 is 2.44 bits per heavy atom. The third kappa shape index (κ3) is 6.02. The first-order valence-electron chi connectivity index (χ1n) is 5.36. The van der Waals surface area contributed by atoms with E-state index in [0.29, 0.717) is 0 Å². The average molecular weight is 247 g/mol. The van der Waals surface area contributed by atoms with E-state index in [9.17, 15) is 9.00 Å². The molecular weight excluding hydrogens is 226 g/mol. The van der Waals surface area contributed by atoms with Gasteiger partial charge in [-0.25, -0.2) is 8.93 Å². The van der Waals surface area contributed by atoms with Gasteiger partial charge in [0.1, 0.15) is 6.04 Å². The summed E-state index contributed by atoms with van der Waals surface area (Å²) in [6.45, 7) is 7.40. The molecule has 0 aliphatic rings. The van der Waals surface area contributed by atoms with Gasteiger partial charge in [-0.3, -0.25) is 4.79 Å². The van der Waals surface area contributed by atoms with Crippen molar-refractivity contribution in [1.29, 1.82) is 0 Å². The highest BCUT2D eigenvalue weighted by molar-refractivity contribution is 7.84. The SMILES string of the molecule is CCC/C=C/[C@@H](N[S@](=O)C(C)(C)C)C(=O)O. The van der Waals surface area contributed by atoms with Gasteiger partial charge in [0.25, 0.3) is 0 Å². The molecule has 0 spiro atoms. The molecule has 0 saturated carbocycles. The summed E-state index contributed by atoms with van der Waals surface area (Å²) >= 11 is 0. The summed E-state index contributed by atoms with van der Waals surface area (Å²) in [4.78, 5) is 10.9. The molecule has 0 heterocycles. The van der Waals surface area contributed by atoms with Crippen molar-refractivity contribution in [2.24, 2.45) is 0 Å². The van der Waals surface area contributed by atoms with E-state index in [-0.39, 0.29) is 0 Å². The Morgan fingerprint density at radius 1 is 1.50 bits per heavy atom. The second-order valence-electron chi connectivity index (χ2n) is 4.53. The minimum Gasteiger partial charge on any atom is -0.480 e. The van der Waals surface area contributed by atoms with Crippen LogP contribution in [0.4, 0.5) is 0 Å². The van der Waals surface area contributed by atoms with E-state index in [1.807, 2.05) is 6.92 Å². The molecule has 0 amide bonds. The van der Waals surface area contributed by atoms with Crippen molar-refractivity contribution in [3.8, 4) is 0 Å². The molecule has 0 radical (unpaired) electrons. The van der Waals surface area contributed by atoms with Crippen LogP contribution in [0.3, 0.4) is 0 Å². The molecule has 5 heteroatoms. The van der Waals surface area contributed by atoms with Crippen molar-refractivity contribution >= 4 is 17.0 Å². The van der Waals surface area contributed by atoms with Gasteiger partial charge in [-0.2, -0.15) is 0 Å². The van der Waals surface area contributed by atoms with Crippen LogP contribution < -0.4 is 4.72 Å². The molecule has 0 unspecified atom stereocenters. The normalized spacial score (nSPS) is 16.2. The van der Waals surface area contributed by atoms with Crippen LogP contribution in [0, 0.1) is 0 Å². The topological polar surface area (TPSA) is 66.4 Å². The van der Waals surface area contributed by atoms with Gasteiger partial charge >= 0.3 is 5.97 Å². The highest BCUT2D eigenvalue weighted by Gasteiger charge is 2.24. The number of aliphatic carboxylic acids is 1. The molecule has 0 aromatic rings. The van der Waals surface area contributed by atoms with E-state index in [1.165, 1.54) is 0 Å². The first-order valence-corrected chi connectivity index (χ1v) is 6.51. The number of nitrogens with one attached hydrogen (secondary N) is 1. The summed E-state index contributed by atoms with van der Waals surface area (Å²) in [5.41, 5.74) is 0. The van der Waals surface area contributed by atoms with Gasteiger partial charge in [0.15, 0.2) is 0 Å². The fraction of sp³-hybridized carbons (Fsp3) is 0.727. The first-order chi connectivity index (χ1) is 7.29. The maximum Gasteiger partial charge on any atom is 0.325 e. The summed E-state index contributed by atoms with van der Waals surface area (Å²) in [5.74, 6) is -1.01. The van der Waals surface area contributed by atoms with Crippen molar-refractivity contribution in [3.63, 3.8) is 0 Å². The second kappa shape index (κ2) is 6.81. The average Bonchev–Trinajstić information content (AvgIpc) is 2.14. The molecule has 0 aliphatic carbocycles. The van der Waals surface area contributed by atoms with Crippen LogP contribution in [0.5, 0.6) is 0 Å². The number of hydrogen-bond donors (Lipinski definition) is 2. The Bertz CT molecular complexity index is 281. The summed E-state index contributed by atoms with van der Waals surface area (Å²) in [6, 6.07) is -0.883. The van der Waals surface area contributed by atoms with Gasteiger partial charge in [0, 0.05) is 0 Å². The van der Waals surface area contributed by atoms with Crippen molar-refractivity contribution in [2.45, 2.75) is 51.3 Å². The molecule has 0 rings (SSSR count). The van der Waals surface area contributed by atoms with E-state index in [1.54, 1.807) is 32.9 Å². The first kappa shape index (κ1) is 15.3. The third-order valence-electron chi connectivity index (χ3n) is 1.84. The van der Waals surface area contributed by atoms with Gasteiger partial charge in [-0.05, 0) is 27.2 Å². The Labute approximate surface area is 99.7 Å². The lowest BCUT2D eigenvalue weighted by Gasteiger charge is -2.20. The Hall–Kier alpha value is -0.680.